The summed E-state index contributed by atoms with van der Waals surface area (Å²) in [7, 11) is 1.72. The van der Waals surface area contributed by atoms with Gasteiger partial charge in [0.05, 0.1) is 13.2 Å². The molecule has 0 saturated heterocycles. The highest BCUT2D eigenvalue weighted by molar-refractivity contribution is 5.85. The largest absolute Gasteiger partial charge is 0.494 e. The molecular formula is C12H18ClFN2O2. The van der Waals surface area contributed by atoms with Crippen LogP contribution in [-0.2, 0) is 4.79 Å². The number of carbonyl (C=O) groups is 1. The number of benzene rings is 1. The summed E-state index contributed by atoms with van der Waals surface area (Å²) in [5.74, 6) is 0.318. The Morgan fingerprint density at radius 3 is 2.61 bits per heavy atom. The van der Waals surface area contributed by atoms with Crippen LogP contribution in [0.15, 0.2) is 24.3 Å². The molecule has 1 aromatic carbocycles. The third-order valence-electron chi connectivity index (χ3n) is 2.06. The molecule has 6 heteroatoms. The number of likely N-dealkylation sites (N-methyl/N-ethyl adjacent to an activating group) is 1. The summed E-state index contributed by atoms with van der Waals surface area (Å²) < 4.78 is 18.0. The van der Waals surface area contributed by atoms with E-state index < -0.39 is 0 Å². The van der Waals surface area contributed by atoms with Crippen LogP contribution in [0, 0.1) is 5.82 Å². The van der Waals surface area contributed by atoms with Crippen LogP contribution < -0.4 is 15.4 Å². The number of hydrogen-bond acceptors (Lipinski definition) is 3. The van der Waals surface area contributed by atoms with Crippen molar-refractivity contribution in [3.63, 3.8) is 0 Å². The quantitative estimate of drug-likeness (QED) is 0.739. The van der Waals surface area contributed by atoms with Crippen LogP contribution in [0.1, 0.15) is 6.42 Å². The van der Waals surface area contributed by atoms with Crippen LogP contribution in [0.2, 0.25) is 0 Å². The summed E-state index contributed by atoms with van der Waals surface area (Å²) in [5.41, 5.74) is 0. The number of nitrogens with one attached hydrogen (secondary N) is 2. The number of rotatable bonds is 7. The number of hydrogen-bond donors (Lipinski definition) is 2. The molecule has 18 heavy (non-hydrogen) atoms. The first-order valence-electron chi connectivity index (χ1n) is 5.52. The lowest BCUT2D eigenvalue weighted by molar-refractivity contribution is -0.120. The van der Waals surface area contributed by atoms with Gasteiger partial charge in [-0.3, -0.25) is 4.79 Å². The first kappa shape index (κ1) is 16.7. The summed E-state index contributed by atoms with van der Waals surface area (Å²) >= 11 is 0. The predicted molar refractivity (Wildman–Crippen MR) is 70.7 cm³/mol. The average Bonchev–Trinajstić information content (AvgIpc) is 2.31. The van der Waals surface area contributed by atoms with E-state index in [-0.39, 0.29) is 24.1 Å². The zero-order valence-corrected chi connectivity index (χ0v) is 11.1. The summed E-state index contributed by atoms with van der Waals surface area (Å²) in [5, 5.41) is 5.50. The Hall–Kier alpha value is -1.33. The van der Waals surface area contributed by atoms with Gasteiger partial charge in [0.25, 0.3) is 0 Å². The van der Waals surface area contributed by atoms with Crippen molar-refractivity contribution in [1.82, 2.24) is 10.6 Å². The molecule has 0 saturated carbocycles. The lowest BCUT2D eigenvalue weighted by atomic mass is 10.3. The average molecular weight is 277 g/mol. The molecule has 0 aromatic heterocycles. The van der Waals surface area contributed by atoms with Gasteiger partial charge in [0, 0.05) is 6.54 Å². The highest BCUT2D eigenvalue weighted by Crippen LogP contribution is 2.10. The Morgan fingerprint density at radius 1 is 1.33 bits per heavy atom. The molecule has 0 fully saturated rings. The van der Waals surface area contributed by atoms with Gasteiger partial charge in [-0.25, -0.2) is 4.39 Å². The molecule has 0 radical (unpaired) electrons. The van der Waals surface area contributed by atoms with Gasteiger partial charge >= 0.3 is 0 Å². The van der Waals surface area contributed by atoms with Gasteiger partial charge in [-0.15, -0.1) is 12.4 Å². The van der Waals surface area contributed by atoms with E-state index in [9.17, 15) is 9.18 Å². The lowest BCUT2D eigenvalue weighted by Crippen LogP contribution is -2.33. The van der Waals surface area contributed by atoms with Gasteiger partial charge in [0.2, 0.25) is 5.91 Å². The molecule has 0 atom stereocenters. The van der Waals surface area contributed by atoms with E-state index in [1.807, 2.05) is 0 Å². The van der Waals surface area contributed by atoms with Crippen molar-refractivity contribution in [2.24, 2.45) is 0 Å². The van der Waals surface area contributed by atoms with Crippen molar-refractivity contribution < 1.29 is 13.9 Å². The van der Waals surface area contributed by atoms with E-state index >= 15 is 0 Å². The van der Waals surface area contributed by atoms with E-state index in [4.69, 9.17) is 4.74 Å². The Balaban J connectivity index is 0.00000289. The van der Waals surface area contributed by atoms with Gasteiger partial charge in [-0.2, -0.15) is 0 Å². The first-order chi connectivity index (χ1) is 8.22. The molecule has 0 bridgehead atoms. The summed E-state index contributed by atoms with van der Waals surface area (Å²) in [4.78, 5) is 11.1. The zero-order valence-electron chi connectivity index (χ0n) is 10.2. The molecule has 0 aliphatic rings. The second kappa shape index (κ2) is 9.67. The van der Waals surface area contributed by atoms with Crippen LogP contribution >= 0.6 is 12.4 Å². The van der Waals surface area contributed by atoms with Crippen LogP contribution in [0.4, 0.5) is 4.39 Å². The lowest BCUT2D eigenvalue weighted by Gasteiger charge is -2.07. The Morgan fingerprint density at radius 2 is 2.00 bits per heavy atom. The maximum absolute atomic E-state index is 12.6. The maximum Gasteiger partial charge on any atom is 0.233 e. The van der Waals surface area contributed by atoms with E-state index in [1.54, 1.807) is 19.2 Å². The molecule has 2 N–H and O–H groups in total. The van der Waals surface area contributed by atoms with Crippen molar-refractivity contribution >= 4 is 18.3 Å². The molecular weight excluding hydrogens is 259 g/mol. The molecule has 0 aliphatic heterocycles. The third kappa shape index (κ3) is 7.09. The Labute approximate surface area is 112 Å². The molecule has 4 nitrogen and oxygen atoms in total. The fraction of sp³-hybridized carbons (Fsp3) is 0.417. The normalized spacial score (nSPS) is 9.44. The smallest absolute Gasteiger partial charge is 0.233 e. The van der Waals surface area contributed by atoms with Crippen molar-refractivity contribution in [1.29, 1.82) is 0 Å². The number of amides is 1. The molecule has 0 aliphatic carbocycles. The van der Waals surface area contributed by atoms with Gasteiger partial charge in [0.1, 0.15) is 11.6 Å². The van der Waals surface area contributed by atoms with E-state index in [0.717, 1.165) is 0 Å². The molecule has 0 unspecified atom stereocenters. The first-order valence-corrected chi connectivity index (χ1v) is 5.52. The highest BCUT2D eigenvalue weighted by Gasteiger charge is 1.98. The molecule has 0 heterocycles. The van der Waals surface area contributed by atoms with Crippen molar-refractivity contribution in [3.8, 4) is 5.75 Å². The monoisotopic (exact) mass is 276 g/mol. The summed E-state index contributed by atoms with van der Waals surface area (Å²) in [6, 6.07) is 5.86. The van der Waals surface area contributed by atoms with E-state index in [1.165, 1.54) is 12.1 Å². The van der Waals surface area contributed by atoms with E-state index in [0.29, 0.717) is 31.9 Å². The number of halogens is 2. The second-order valence-electron chi connectivity index (χ2n) is 3.54. The van der Waals surface area contributed by atoms with Crippen LogP contribution in [-0.4, -0.2) is 32.7 Å². The summed E-state index contributed by atoms with van der Waals surface area (Å²) in [6.07, 6.45) is 0.715. The van der Waals surface area contributed by atoms with Crippen LogP contribution in [0.3, 0.4) is 0 Å². The Bertz CT molecular complexity index is 346. The van der Waals surface area contributed by atoms with Crippen molar-refractivity contribution in [2.75, 3.05) is 26.7 Å². The molecule has 1 rings (SSSR count). The molecule has 1 aromatic rings. The topological polar surface area (TPSA) is 50.4 Å². The summed E-state index contributed by atoms with van der Waals surface area (Å²) in [6.45, 7) is 1.38. The fourth-order valence-corrected chi connectivity index (χ4v) is 1.24. The van der Waals surface area contributed by atoms with Gasteiger partial charge in [-0.05, 0) is 37.7 Å². The van der Waals surface area contributed by atoms with Gasteiger partial charge in [-0.1, -0.05) is 0 Å². The highest BCUT2D eigenvalue weighted by atomic mass is 35.5. The molecule has 102 valence electrons. The van der Waals surface area contributed by atoms with Gasteiger partial charge < -0.3 is 15.4 Å². The second-order valence-corrected chi connectivity index (χ2v) is 3.54. The third-order valence-corrected chi connectivity index (χ3v) is 2.06. The minimum atomic E-state index is -0.281. The number of ether oxygens (including phenoxy) is 1. The minimum Gasteiger partial charge on any atom is -0.494 e. The van der Waals surface area contributed by atoms with E-state index in [2.05, 4.69) is 10.6 Å². The molecule has 1 amide bonds. The maximum atomic E-state index is 12.6. The molecule has 0 spiro atoms. The number of carbonyl (C=O) groups excluding carboxylic acids is 1. The van der Waals surface area contributed by atoms with Crippen molar-refractivity contribution in [3.05, 3.63) is 30.1 Å². The SMILES string of the molecule is CNCC(=O)NCCCOc1ccc(F)cc1.Cl. The Kier molecular flexibility index (Phi) is 8.96. The van der Waals surface area contributed by atoms with Crippen LogP contribution in [0.5, 0.6) is 5.75 Å². The zero-order chi connectivity index (χ0) is 12.5. The minimum absolute atomic E-state index is 0. The fourth-order valence-electron chi connectivity index (χ4n) is 1.24. The predicted octanol–water partition coefficient (Wildman–Crippen LogP) is 1.35. The van der Waals surface area contributed by atoms with Crippen molar-refractivity contribution in [2.45, 2.75) is 6.42 Å². The standard InChI is InChI=1S/C12H17FN2O2.ClH/c1-14-9-12(16)15-7-2-8-17-11-5-3-10(13)4-6-11;/h3-6,14H,2,7-9H2,1H3,(H,15,16);1H. The van der Waals surface area contributed by atoms with Gasteiger partial charge in [0.15, 0.2) is 0 Å². The van der Waals surface area contributed by atoms with Crippen LogP contribution in [0.25, 0.3) is 0 Å².